The van der Waals surface area contributed by atoms with Gasteiger partial charge in [0.25, 0.3) is 0 Å². The number of thiophene rings is 2. The molecular formula is C26H16N2PtS2. The largest absolute Gasteiger partial charge is 2.00 e. The van der Waals surface area contributed by atoms with Crippen molar-refractivity contribution in [1.29, 1.82) is 0 Å². The molecule has 0 radical (unpaired) electrons. The minimum atomic E-state index is 0. The first kappa shape index (κ1) is 21.6. The maximum atomic E-state index is 4.32. The molecule has 0 aliphatic carbocycles. The Balaban J connectivity index is 0.000000144. The fourth-order valence-corrected chi connectivity index (χ4v) is 5.02. The number of nitrogens with zero attached hydrogens (tertiary/aromatic N) is 2. The molecule has 0 saturated carbocycles. The maximum Gasteiger partial charge on any atom is 2.00 e. The molecule has 0 atom stereocenters. The predicted molar refractivity (Wildman–Crippen MR) is 128 cm³/mol. The van der Waals surface area contributed by atoms with Gasteiger partial charge in [-0.15, -0.1) is 47.2 Å². The molecule has 0 aliphatic rings. The summed E-state index contributed by atoms with van der Waals surface area (Å²) in [6.07, 6.45) is 3.63. The number of pyridine rings is 2. The molecular weight excluding hydrogens is 600 g/mol. The smallest absolute Gasteiger partial charge is 0.303 e. The maximum absolute atomic E-state index is 4.32. The molecule has 0 bridgehead atoms. The molecule has 152 valence electrons. The Morgan fingerprint density at radius 3 is 1.32 bits per heavy atom. The second-order valence-corrected chi connectivity index (χ2v) is 8.64. The third-order valence-corrected chi connectivity index (χ3v) is 6.67. The van der Waals surface area contributed by atoms with E-state index in [9.17, 15) is 0 Å². The molecule has 6 rings (SSSR count). The molecule has 4 aromatic heterocycles. The van der Waals surface area contributed by atoms with Gasteiger partial charge in [-0.1, -0.05) is 48.5 Å². The first-order valence-corrected chi connectivity index (χ1v) is 11.1. The Morgan fingerprint density at radius 1 is 0.516 bits per heavy atom. The SMILES string of the molecule is [Pt+2].[c-]1c(-c2ccccn2)sc2ccccc12.[c-]1c(-c2ccccn2)sc2ccccc12. The fraction of sp³-hybridized carbons (Fsp3) is 0. The van der Waals surface area contributed by atoms with Gasteiger partial charge in [0.15, 0.2) is 0 Å². The number of fused-ring (bicyclic) bond motifs is 2. The standard InChI is InChI=1S/2C13H8NS.Pt/c2*1-2-7-12-10(5-1)9-13(15-12)11-6-3-4-8-14-11;/h2*1-8H;/q2*-1;+2. The third-order valence-electron chi connectivity index (χ3n) is 4.49. The van der Waals surface area contributed by atoms with Crippen LogP contribution in [0.25, 0.3) is 41.3 Å². The van der Waals surface area contributed by atoms with Crippen molar-refractivity contribution in [3.63, 3.8) is 0 Å². The normalized spacial score (nSPS) is 10.3. The van der Waals surface area contributed by atoms with Crippen molar-refractivity contribution in [1.82, 2.24) is 9.97 Å². The van der Waals surface area contributed by atoms with Crippen molar-refractivity contribution in [2.45, 2.75) is 0 Å². The van der Waals surface area contributed by atoms with Gasteiger partial charge in [0.1, 0.15) is 0 Å². The van der Waals surface area contributed by atoms with Gasteiger partial charge >= 0.3 is 21.1 Å². The van der Waals surface area contributed by atoms with Crippen LogP contribution in [0.1, 0.15) is 0 Å². The minimum absolute atomic E-state index is 0. The topological polar surface area (TPSA) is 25.8 Å². The number of rotatable bonds is 2. The number of hydrogen-bond acceptors (Lipinski definition) is 4. The van der Waals surface area contributed by atoms with E-state index >= 15 is 0 Å². The van der Waals surface area contributed by atoms with E-state index in [1.54, 1.807) is 22.7 Å². The van der Waals surface area contributed by atoms with Gasteiger partial charge in [-0.05, 0) is 31.3 Å². The molecule has 31 heavy (non-hydrogen) atoms. The first-order chi connectivity index (χ1) is 14.9. The third kappa shape index (κ3) is 4.99. The molecule has 0 aliphatic heterocycles. The van der Waals surface area contributed by atoms with Gasteiger partial charge in [0, 0.05) is 23.8 Å². The van der Waals surface area contributed by atoms with Gasteiger partial charge in [0.05, 0.1) is 0 Å². The molecule has 5 heteroatoms. The van der Waals surface area contributed by atoms with E-state index in [1.807, 2.05) is 60.9 Å². The Hall–Kier alpha value is -2.65. The van der Waals surface area contributed by atoms with Gasteiger partial charge in [-0.25, -0.2) is 22.7 Å². The van der Waals surface area contributed by atoms with Gasteiger partial charge in [-0.3, -0.25) is 0 Å². The Bertz CT molecular complexity index is 1220. The van der Waals surface area contributed by atoms with Crippen LogP contribution in [-0.2, 0) is 21.1 Å². The van der Waals surface area contributed by atoms with E-state index in [2.05, 4.69) is 58.5 Å². The molecule has 0 amide bonds. The van der Waals surface area contributed by atoms with E-state index in [-0.39, 0.29) is 21.1 Å². The van der Waals surface area contributed by atoms with Crippen LogP contribution in [0.15, 0.2) is 97.3 Å². The summed E-state index contributed by atoms with van der Waals surface area (Å²) in [5, 5.41) is 2.34. The monoisotopic (exact) mass is 615 g/mol. The first-order valence-electron chi connectivity index (χ1n) is 9.51. The van der Waals surface area contributed by atoms with E-state index in [0.717, 1.165) is 21.1 Å². The summed E-state index contributed by atoms with van der Waals surface area (Å²) in [6, 6.07) is 35.2. The van der Waals surface area contributed by atoms with Gasteiger partial charge < -0.3 is 9.97 Å². The second kappa shape index (κ2) is 10.1. The van der Waals surface area contributed by atoms with Crippen molar-refractivity contribution in [3.8, 4) is 21.1 Å². The summed E-state index contributed by atoms with van der Waals surface area (Å²) in [7, 11) is 0. The van der Waals surface area contributed by atoms with Gasteiger partial charge in [0.2, 0.25) is 0 Å². The molecule has 0 fully saturated rings. The van der Waals surface area contributed by atoms with Crippen molar-refractivity contribution in [3.05, 3.63) is 109 Å². The average Bonchev–Trinajstić information content (AvgIpc) is 3.45. The van der Waals surface area contributed by atoms with E-state index < -0.39 is 0 Å². The molecule has 0 N–H and O–H groups in total. The zero-order chi connectivity index (χ0) is 20.2. The van der Waals surface area contributed by atoms with E-state index in [1.165, 1.54) is 20.2 Å². The summed E-state index contributed by atoms with van der Waals surface area (Å²) in [5.41, 5.74) is 2.00. The van der Waals surface area contributed by atoms with Crippen LogP contribution >= 0.6 is 22.7 Å². The summed E-state index contributed by atoms with van der Waals surface area (Å²) < 4.78 is 2.52. The zero-order valence-corrected chi connectivity index (χ0v) is 20.2. The fourth-order valence-electron chi connectivity index (χ4n) is 3.06. The molecule has 2 aromatic carbocycles. The van der Waals surface area contributed by atoms with Crippen molar-refractivity contribution >= 4 is 42.8 Å². The van der Waals surface area contributed by atoms with Crippen LogP contribution in [0.2, 0.25) is 0 Å². The Kier molecular flexibility index (Phi) is 7.03. The molecule has 6 aromatic rings. The summed E-state index contributed by atoms with van der Waals surface area (Å²) in [6.45, 7) is 0. The zero-order valence-electron chi connectivity index (χ0n) is 16.3. The second-order valence-electron chi connectivity index (χ2n) is 6.53. The van der Waals surface area contributed by atoms with Crippen LogP contribution in [0.3, 0.4) is 0 Å². The van der Waals surface area contributed by atoms with Crippen LogP contribution in [0, 0.1) is 12.1 Å². The minimum Gasteiger partial charge on any atom is -0.303 e. The molecule has 0 spiro atoms. The molecule has 0 saturated heterocycles. The molecule has 0 unspecified atom stereocenters. The summed E-state index contributed by atoms with van der Waals surface area (Å²) >= 11 is 3.46. The molecule has 2 nitrogen and oxygen atoms in total. The van der Waals surface area contributed by atoms with Crippen molar-refractivity contribution in [2.75, 3.05) is 0 Å². The Morgan fingerprint density at radius 2 is 0.935 bits per heavy atom. The summed E-state index contributed by atoms with van der Waals surface area (Å²) in [4.78, 5) is 10.9. The average molecular weight is 616 g/mol. The number of benzene rings is 2. The Labute approximate surface area is 203 Å². The van der Waals surface area contributed by atoms with Crippen LogP contribution < -0.4 is 0 Å². The van der Waals surface area contributed by atoms with Crippen LogP contribution in [0.5, 0.6) is 0 Å². The van der Waals surface area contributed by atoms with E-state index in [4.69, 9.17) is 0 Å². The van der Waals surface area contributed by atoms with Crippen molar-refractivity contribution in [2.24, 2.45) is 0 Å². The predicted octanol–water partition coefficient (Wildman–Crippen LogP) is 7.52. The van der Waals surface area contributed by atoms with Crippen LogP contribution in [0.4, 0.5) is 0 Å². The summed E-state index contributed by atoms with van der Waals surface area (Å²) in [5.74, 6) is 0. The number of aromatic nitrogens is 2. The van der Waals surface area contributed by atoms with E-state index in [0.29, 0.717) is 0 Å². The molecule has 4 heterocycles. The quantitative estimate of drug-likeness (QED) is 0.188. The van der Waals surface area contributed by atoms with Crippen LogP contribution in [-0.4, -0.2) is 9.97 Å². The van der Waals surface area contributed by atoms with Crippen molar-refractivity contribution < 1.29 is 21.1 Å². The number of hydrogen-bond donors (Lipinski definition) is 0. The van der Waals surface area contributed by atoms with Gasteiger partial charge in [-0.2, -0.15) is 0 Å².